The predicted molar refractivity (Wildman–Crippen MR) is 72.1 cm³/mol. The molecule has 1 aliphatic heterocycles. The maximum Gasteiger partial charge on any atom is 0.271 e. The lowest BCUT2D eigenvalue weighted by Crippen LogP contribution is -2.45. The van der Waals surface area contributed by atoms with Crippen LogP contribution in [-0.4, -0.2) is 39.0 Å². The standard InChI is InChI=1S/C12H21N3O3S/c1-2-15-7-3-4-10(9-15)14-8-11-5-6-12(18-11)19(13,16)17/h5-6,10,14H,2-4,7-9H2,1H3,(H2,13,16,17). The van der Waals surface area contributed by atoms with Crippen LogP contribution in [0.25, 0.3) is 0 Å². The van der Waals surface area contributed by atoms with Gasteiger partial charge in [-0.3, -0.25) is 0 Å². The molecular formula is C12H21N3O3S. The largest absolute Gasteiger partial charge is 0.447 e. The Labute approximate surface area is 114 Å². The van der Waals surface area contributed by atoms with Crippen LogP contribution in [0.15, 0.2) is 21.6 Å². The highest BCUT2D eigenvalue weighted by Crippen LogP contribution is 2.14. The normalized spacial score (nSPS) is 21.7. The molecule has 1 fully saturated rings. The zero-order valence-corrected chi connectivity index (χ0v) is 11.9. The van der Waals surface area contributed by atoms with Crippen LogP contribution >= 0.6 is 0 Å². The van der Waals surface area contributed by atoms with E-state index in [1.165, 1.54) is 12.5 Å². The van der Waals surface area contributed by atoms with Crippen molar-refractivity contribution in [1.29, 1.82) is 0 Å². The van der Waals surface area contributed by atoms with Crippen molar-refractivity contribution in [1.82, 2.24) is 10.2 Å². The number of piperidine rings is 1. The molecule has 0 amide bonds. The van der Waals surface area contributed by atoms with Gasteiger partial charge < -0.3 is 14.6 Å². The molecule has 7 heteroatoms. The minimum Gasteiger partial charge on any atom is -0.447 e. The number of furan rings is 1. The third-order valence-corrected chi connectivity index (χ3v) is 4.22. The Morgan fingerprint density at radius 3 is 2.95 bits per heavy atom. The molecule has 1 atom stereocenters. The molecular weight excluding hydrogens is 266 g/mol. The second-order valence-corrected chi connectivity index (χ2v) is 6.37. The second kappa shape index (κ2) is 6.04. The van der Waals surface area contributed by atoms with Gasteiger partial charge in [0.25, 0.3) is 10.0 Å². The topological polar surface area (TPSA) is 88.6 Å². The molecule has 0 saturated carbocycles. The van der Waals surface area contributed by atoms with Gasteiger partial charge in [-0.2, -0.15) is 0 Å². The number of primary sulfonamides is 1. The number of sulfonamides is 1. The number of hydrogen-bond acceptors (Lipinski definition) is 5. The Hall–Kier alpha value is -0.890. The molecule has 2 heterocycles. The zero-order chi connectivity index (χ0) is 13.9. The van der Waals surface area contributed by atoms with Crippen LogP contribution in [0, 0.1) is 0 Å². The van der Waals surface area contributed by atoms with Crippen LogP contribution in [0.1, 0.15) is 25.5 Å². The SMILES string of the molecule is CCN1CCCC(NCc2ccc(S(N)(=O)=O)o2)C1. The average Bonchev–Trinajstić information content (AvgIpc) is 2.85. The molecule has 3 N–H and O–H groups in total. The van der Waals surface area contributed by atoms with Gasteiger partial charge in [0.05, 0.1) is 6.54 Å². The van der Waals surface area contributed by atoms with Crippen molar-refractivity contribution in [3.05, 3.63) is 17.9 Å². The summed E-state index contributed by atoms with van der Waals surface area (Å²) in [4.78, 5) is 2.40. The summed E-state index contributed by atoms with van der Waals surface area (Å²) in [5.41, 5.74) is 0. The van der Waals surface area contributed by atoms with E-state index in [2.05, 4.69) is 17.1 Å². The number of nitrogens with zero attached hydrogens (tertiary/aromatic N) is 1. The van der Waals surface area contributed by atoms with Gasteiger partial charge >= 0.3 is 0 Å². The molecule has 2 rings (SSSR count). The molecule has 0 aliphatic carbocycles. The molecule has 108 valence electrons. The quantitative estimate of drug-likeness (QED) is 0.823. The fraction of sp³-hybridized carbons (Fsp3) is 0.667. The van der Waals surface area contributed by atoms with Gasteiger partial charge in [-0.15, -0.1) is 0 Å². The lowest BCUT2D eigenvalue weighted by molar-refractivity contribution is 0.196. The summed E-state index contributed by atoms with van der Waals surface area (Å²) in [6, 6.07) is 3.47. The fourth-order valence-corrected chi connectivity index (χ4v) is 2.84. The summed E-state index contributed by atoms with van der Waals surface area (Å²) >= 11 is 0. The van der Waals surface area contributed by atoms with Gasteiger partial charge in [0.2, 0.25) is 5.09 Å². The first-order valence-corrected chi connectivity index (χ1v) is 8.11. The van der Waals surface area contributed by atoms with E-state index in [-0.39, 0.29) is 5.09 Å². The molecule has 1 unspecified atom stereocenters. The summed E-state index contributed by atoms with van der Waals surface area (Å²) in [7, 11) is -3.74. The van der Waals surface area contributed by atoms with Crippen molar-refractivity contribution in [3.63, 3.8) is 0 Å². The Bertz CT molecular complexity index is 512. The van der Waals surface area contributed by atoms with E-state index < -0.39 is 10.0 Å². The van der Waals surface area contributed by atoms with Crippen molar-refractivity contribution >= 4 is 10.0 Å². The van der Waals surface area contributed by atoms with Gasteiger partial charge in [0.1, 0.15) is 5.76 Å². The van der Waals surface area contributed by atoms with Crippen LogP contribution < -0.4 is 10.5 Å². The van der Waals surface area contributed by atoms with E-state index >= 15 is 0 Å². The van der Waals surface area contributed by atoms with Gasteiger partial charge in [0.15, 0.2) is 0 Å². The maximum absolute atomic E-state index is 11.1. The smallest absolute Gasteiger partial charge is 0.271 e. The van der Waals surface area contributed by atoms with Crippen molar-refractivity contribution in [3.8, 4) is 0 Å². The highest BCUT2D eigenvalue weighted by Gasteiger charge is 2.19. The van der Waals surface area contributed by atoms with Crippen LogP contribution in [0.4, 0.5) is 0 Å². The molecule has 1 aliphatic rings. The lowest BCUT2D eigenvalue weighted by Gasteiger charge is -2.32. The van der Waals surface area contributed by atoms with Crippen LogP contribution in [-0.2, 0) is 16.6 Å². The highest BCUT2D eigenvalue weighted by molar-refractivity contribution is 7.89. The third kappa shape index (κ3) is 4.04. The van der Waals surface area contributed by atoms with E-state index in [1.54, 1.807) is 6.07 Å². The minimum atomic E-state index is -3.74. The van der Waals surface area contributed by atoms with Gasteiger partial charge in [0, 0.05) is 12.6 Å². The summed E-state index contributed by atoms with van der Waals surface area (Å²) < 4.78 is 27.4. The van der Waals surface area contributed by atoms with Crippen LogP contribution in [0.2, 0.25) is 0 Å². The van der Waals surface area contributed by atoms with E-state index in [0.29, 0.717) is 18.3 Å². The summed E-state index contributed by atoms with van der Waals surface area (Å²) in [6.07, 6.45) is 2.32. The highest BCUT2D eigenvalue weighted by atomic mass is 32.2. The second-order valence-electron chi connectivity index (χ2n) is 4.88. The summed E-state index contributed by atoms with van der Waals surface area (Å²) in [5, 5.41) is 8.21. The minimum absolute atomic E-state index is 0.178. The Kier molecular flexibility index (Phi) is 4.62. The number of nitrogens with one attached hydrogen (secondary N) is 1. The molecule has 0 bridgehead atoms. The number of nitrogens with two attached hydrogens (primary N) is 1. The van der Waals surface area contributed by atoms with Gasteiger partial charge in [-0.05, 0) is 38.1 Å². The van der Waals surface area contributed by atoms with E-state index in [4.69, 9.17) is 9.56 Å². The molecule has 0 radical (unpaired) electrons. The molecule has 0 spiro atoms. The zero-order valence-electron chi connectivity index (χ0n) is 11.1. The van der Waals surface area contributed by atoms with E-state index in [1.807, 2.05) is 0 Å². The molecule has 6 nitrogen and oxygen atoms in total. The molecule has 19 heavy (non-hydrogen) atoms. The molecule has 1 saturated heterocycles. The van der Waals surface area contributed by atoms with Crippen molar-refractivity contribution in [2.75, 3.05) is 19.6 Å². The van der Waals surface area contributed by atoms with Crippen LogP contribution in [0.3, 0.4) is 0 Å². The molecule has 0 aromatic carbocycles. The predicted octanol–water partition coefficient (Wildman–Crippen LogP) is 0.501. The number of hydrogen-bond donors (Lipinski definition) is 2. The summed E-state index contributed by atoms with van der Waals surface area (Å²) in [5.74, 6) is 0.595. The first kappa shape index (κ1) is 14.5. The fourth-order valence-electron chi connectivity index (χ4n) is 2.36. The average molecular weight is 287 g/mol. The van der Waals surface area contributed by atoms with Gasteiger partial charge in [-0.25, -0.2) is 13.6 Å². The molecule has 1 aromatic rings. The lowest BCUT2D eigenvalue weighted by atomic mass is 10.1. The number of rotatable bonds is 5. The Morgan fingerprint density at radius 2 is 2.32 bits per heavy atom. The Morgan fingerprint density at radius 1 is 1.53 bits per heavy atom. The van der Waals surface area contributed by atoms with Crippen LogP contribution in [0.5, 0.6) is 0 Å². The monoisotopic (exact) mass is 287 g/mol. The number of likely N-dealkylation sites (N-methyl/N-ethyl adjacent to an activating group) is 1. The molecule has 1 aromatic heterocycles. The van der Waals surface area contributed by atoms with Crippen molar-refractivity contribution in [2.24, 2.45) is 5.14 Å². The van der Waals surface area contributed by atoms with Gasteiger partial charge in [-0.1, -0.05) is 6.92 Å². The Balaban J connectivity index is 1.87. The summed E-state index contributed by atoms with van der Waals surface area (Å²) in [6.45, 7) is 5.93. The van der Waals surface area contributed by atoms with E-state index in [0.717, 1.165) is 26.1 Å². The number of likely N-dealkylation sites (tertiary alicyclic amines) is 1. The first-order valence-electron chi connectivity index (χ1n) is 6.56. The third-order valence-electron chi connectivity index (χ3n) is 3.44. The van der Waals surface area contributed by atoms with E-state index in [9.17, 15) is 8.42 Å². The van der Waals surface area contributed by atoms with Crippen molar-refractivity contribution < 1.29 is 12.8 Å². The first-order chi connectivity index (χ1) is 8.99. The maximum atomic E-state index is 11.1. The van der Waals surface area contributed by atoms with Crippen molar-refractivity contribution in [2.45, 2.75) is 37.4 Å².